The molecule has 0 amide bonds. The van der Waals surface area contributed by atoms with Crippen LogP contribution in [-0.2, 0) is 9.53 Å². The van der Waals surface area contributed by atoms with E-state index >= 15 is 0 Å². The lowest BCUT2D eigenvalue weighted by Gasteiger charge is -2.34. The van der Waals surface area contributed by atoms with Gasteiger partial charge < -0.3 is 4.74 Å². The lowest BCUT2D eigenvalue weighted by atomic mass is 9.73. The molecule has 3 rings (SSSR count). The van der Waals surface area contributed by atoms with E-state index in [1.165, 1.54) is 12.8 Å². The highest BCUT2D eigenvalue weighted by atomic mass is 16.5. The van der Waals surface area contributed by atoms with Crippen LogP contribution in [0.3, 0.4) is 0 Å². The van der Waals surface area contributed by atoms with Crippen LogP contribution in [0.1, 0.15) is 39.5 Å². The third-order valence-corrected chi connectivity index (χ3v) is 5.34. The molecule has 6 atom stereocenters. The van der Waals surface area contributed by atoms with Gasteiger partial charge in [0.15, 0.2) is 0 Å². The van der Waals surface area contributed by atoms with Crippen molar-refractivity contribution < 1.29 is 9.53 Å². The van der Waals surface area contributed by atoms with Gasteiger partial charge in [0.05, 0.1) is 0 Å². The summed E-state index contributed by atoms with van der Waals surface area (Å²) in [6.07, 6.45) is 4.60. The van der Waals surface area contributed by atoms with Crippen LogP contribution < -0.4 is 0 Å². The van der Waals surface area contributed by atoms with Crippen LogP contribution in [0.15, 0.2) is 0 Å². The Kier molecular flexibility index (Phi) is 2.08. The largest absolute Gasteiger partial charge is 0.462 e. The highest BCUT2D eigenvalue weighted by Crippen LogP contribution is 2.57. The number of ether oxygens (including phenoxy) is 1. The molecule has 3 fully saturated rings. The Morgan fingerprint density at radius 3 is 2.40 bits per heavy atom. The number of cyclic esters (lactones) is 1. The van der Waals surface area contributed by atoms with Crippen molar-refractivity contribution in [3.8, 4) is 0 Å². The average Bonchev–Trinajstić information content (AvgIpc) is 2.85. The summed E-state index contributed by atoms with van der Waals surface area (Å²) in [5, 5.41) is 0. The number of fused-ring (bicyclic) bond motifs is 2. The maximum Gasteiger partial charge on any atom is 0.306 e. The van der Waals surface area contributed by atoms with E-state index < -0.39 is 0 Å². The molecule has 2 heteroatoms. The van der Waals surface area contributed by atoms with Crippen LogP contribution >= 0.6 is 0 Å². The molecule has 2 nitrogen and oxygen atoms in total. The number of esters is 1. The third kappa shape index (κ3) is 1.33. The van der Waals surface area contributed by atoms with Gasteiger partial charge in [-0.2, -0.15) is 0 Å². The topological polar surface area (TPSA) is 26.3 Å². The van der Waals surface area contributed by atoms with Crippen LogP contribution in [0.2, 0.25) is 0 Å². The molecule has 2 saturated carbocycles. The van der Waals surface area contributed by atoms with Crippen molar-refractivity contribution in [1.29, 1.82) is 0 Å². The second-order valence-electron chi connectivity index (χ2n) is 5.84. The molecule has 84 valence electrons. The summed E-state index contributed by atoms with van der Waals surface area (Å²) < 4.78 is 5.44. The Morgan fingerprint density at radius 2 is 1.87 bits per heavy atom. The predicted molar refractivity (Wildman–Crippen MR) is 57.1 cm³/mol. The van der Waals surface area contributed by atoms with Gasteiger partial charge in [-0.1, -0.05) is 13.8 Å². The fraction of sp³-hybridized carbons (Fsp3) is 0.923. The molecule has 1 aliphatic heterocycles. The second kappa shape index (κ2) is 3.23. The number of carbonyl (C=O) groups is 1. The normalized spacial score (nSPS) is 53.6. The number of hydrogen-bond donors (Lipinski definition) is 0. The Hall–Kier alpha value is -0.530. The maximum absolute atomic E-state index is 11.1. The van der Waals surface area contributed by atoms with E-state index in [9.17, 15) is 4.79 Å². The molecular weight excluding hydrogens is 188 g/mol. The molecular formula is C13H20O2. The molecule has 2 bridgehead atoms. The van der Waals surface area contributed by atoms with E-state index in [-0.39, 0.29) is 12.1 Å². The minimum absolute atomic E-state index is 0.0310. The van der Waals surface area contributed by atoms with Crippen LogP contribution in [0.25, 0.3) is 0 Å². The fourth-order valence-electron chi connectivity index (χ4n) is 4.27. The van der Waals surface area contributed by atoms with Crippen molar-refractivity contribution in [2.24, 2.45) is 29.6 Å². The zero-order valence-electron chi connectivity index (χ0n) is 9.61. The molecule has 0 aromatic carbocycles. The minimum atomic E-state index is 0.0310. The first kappa shape index (κ1) is 9.68. The first-order valence-electron chi connectivity index (χ1n) is 6.36. The number of rotatable bonds is 1. The number of hydrogen-bond acceptors (Lipinski definition) is 2. The van der Waals surface area contributed by atoms with E-state index in [1.54, 1.807) is 0 Å². The molecule has 0 aromatic rings. The smallest absolute Gasteiger partial charge is 0.306 e. The molecule has 0 spiro atoms. The van der Waals surface area contributed by atoms with Crippen molar-refractivity contribution in [2.45, 2.75) is 45.6 Å². The molecule has 6 unspecified atom stereocenters. The van der Waals surface area contributed by atoms with Crippen molar-refractivity contribution >= 4 is 5.97 Å². The molecule has 0 aromatic heterocycles. The maximum atomic E-state index is 11.1. The number of carbonyl (C=O) groups excluding carboxylic acids is 1. The molecule has 0 radical (unpaired) electrons. The van der Waals surface area contributed by atoms with Gasteiger partial charge in [0.2, 0.25) is 0 Å². The first-order chi connectivity index (χ1) is 7.16. The molecule has 2 aliphatic carbocycles. The van der Waals surface area contributed by atoms with Gasteiger partial charge >= 0.3 is 5.97 Å². The average molecular weight is 208 g/mol. The van der Waals surface area contributed by atoms with Crippen LogP contribution in [-0.4, -0.2) is 12.1 Å². The lowest BCUT2D eigenvalue weighted by Crippen LogP contribution is -2.32. The zero-order valence-corrected chi connectivity index (χ0v) is 9.61. The van der Waals surface area contributed by atoms with E-state index in [0.29, 0.717) is 12.3 Å². The van der Waals surface area contributed by atoms with Crippen LogP contribution in [0.5, 0.6) is 0 Å². The van der Waals surface area contributed by atoms with Gasteiger partial charge in [0.1, 0.15) is 6.10 Å². The van der Waals surface area contributed by atoms with Gasteiger partial charge in [0, 0.05) is 6.42 Å². The summed E-state index contributed by atoms with van der Waals surface area (Å²) in [6.45, 7) is 4.78. The van der Waals surface area contributed by atoms with Gasteiger partial charge in [-0.15, -0.1) is 0 Å². The lowest BCUT2D eigenvalue weighted by molar-refractivity contribution is -0.144. The monoisotopic (exact) mass is 208 g/mol. The van der Waals surface area contributed by atoms with Crippen molar-refractivity contribution in [3.05, 3.63) is 0 Å². The fourth-order valence-corrected chi connectivity index (χ4v) is 4.27. The third-order valence-electron chi connectivity index (χ3n) is 5.34. The summed E-state index contributed by atoms with van der Waals surface area (Å²) in [7, 11) is 0. The molecule has 0 N–H and O–H groups in total. The zero-order chi connectivity index (χ0) is 10.6. The summed E-state index contributed by atoms with van der Waals surface area (Å²) in [5.41, 5.74) is 0. The Morgan fingerprint density at radius 1 is 1.13 bits per heavy atom. The Bertz CT molecular complexity index is 284. The van der Waals surface area contributed by atoms with E-state index in [0.717, 1.165) is 30.1 Å². The van der Waals surface area contributed by atoms with Crippen molar-refractivity contribution in [1.82, 2.24) is 0 Å². The van der Waals surface area contributed by atoms with Gasteiger partial charge in [-0.3, -0.25) is 4.79 Å². The highest BCUT2D eigenvalue weighted by Gasteiger charge is 2.52. The SMILES string of the molecule is CC1C2CC(C3CCC(=O)O3)C(C2)C1C. The van der Waals surface area contributed by atoms with E-state index in [4.69, 9.17) is 4.74 Å². The molecule has 1 heterocycles. The first-order valence-corrected chi connectivity index (χ1v) is 6.36. The Balaban J connectivity index is 1.73. The van der Waals surface area contributed by atoms with Crippen molar-refractivity contribution in [2.75, 3.05) is 0 Å². The Labute approximate surface area is 91.4 Å². The standard InChI is InChI=1S/C13H20O2/c1-7-8(2)10-5-9(7)6-11(10)12-3-4-13(14)15-12/h7-12H,3-6H2,1-2H3. The second-order valence-corrected chi connectivity index (χ2v) is 5.84. The summed E-state index contributed by atoms with van der Waals surface area (Å²) in [5.74, 6) is 4.20. The van der Waals surface area contributed by atoms with E-state index in [1.807, 2.05) is 0 Å². The quantitative estimate of drug-likeness (QED) is 0.619. The van der Waals surface area contributed by atoms with Crippen LogP contribution in [0.4, 0.5) is 0 Å². The van der Waals surface area contributed by atoms with Gasteiger partial charge in [0.25, 0.3) is 0 Å². The predicted octanol–water partition coefficient (Wildman–Crippen LogP) is 2.62. The molecule has 15 heavy (non-hydrogen) atoms. The summed E-state index contributed by atoms with van der Waals surface area (Å²) in [4.78, 5) is 11.1. The van der Waals surface area contributed by atoms with Crippen molar-refractivity contribution in [3.63, 3.8) is 0 Å². The van der Waals surface area contributed by atoms with Gasteiger partial charge in [-0.05, 0) is 48.9 Å². The summed E-state index contributed by atoms with van der Waals surface area (Å²) in [6, 6.07) is 0. The highest BCUT2D eigenvalue weighted by molar-refractivity contribution is 5.71. The summed E-state index contributed by atoms with van der Waals surface area (Å²) >= 11 is 0. The van der Waals surface area contributed by atoms with E-state index in [2.05, 4.69) is 13.8 Å². The molecule has 1 saturated heterocycles. The van der Waals surface area contributed by atoms with Crippen LogP contribution in [0, 0.1) is 29.6 Å². The molecule has 3 aliphatic rings. The minimum Gasteiger partial charge on any atom is -0.462 e. The van der Waals surface area contributed by atoms with Gasteiger partial charge in [-0.25, -0.2) is 0 Å².